The zero-order valence-corrected chi connectivity index (χ0v) is 15.6. The molecule has 2 aromatic carbocycles. The Morgan fingerprint density at radius 1 is 1.16 bits per heavy atom. The lowest BCUT2D eigenvalue weighted by atomic mass is 10.2. The Labute approximate surface area is 155 Å². The second-order valence-corrected chi connectivity index (χ2v) is 6.78. The molecule has 0 saturated carbocycles. The number of hydrogen-bond acceptors (Lipinski definition) is 3. The molecule has 0 spiro atoms. The molecule has 1 aromatic heterocycles. The average molecular weight is 399 g/mol. The number of carbonyl (C=O) groups is 1. The standard InChI is InChI=1S/C20H19BrN2O2/c1-23(14-15-6-3-2-4-7-15)20(24)11-10-19-22-13-18(25-19)16-8-5-9-17(21)12-16/h2-9,12-13H,10-11,14H2,1H3. The number of halogens is 1. The van der Waals surface area contributed by atoms with E-state index < -0.39 is 0 Å². The lowest BCUT2D eigenvalue weighted by molar-refractivity contribution is -0.130. The quantitative estimate of drug-likeness (QED) is 0.604. The summed E-state index contributed by atoms with van der Waals surface area (Å²) in [7, 11) is 1.82. The van der Waals surface area contributed by atoms with Crippen LogP contribution in [0, 0.1) is 0 Å². The maximum Gasteiger partial charge on any atom is 0.223 e. The van der Waals surface area contributed by atoms with Crippen molar-refractivity contribution in [3.8, 4) is 11.3 Å². The van der Waals surface area contributed by atoms with Crippen molar-refractivity contribution in [1.29, 1.82) is 0 Å². The van der Waals surface area contributed by atoms with Crippen LogP contribution in [0.4, 0.5) is 0 Å². The van der Waals surface area contributed by atoms with Gasteiger partial charge in [0.15, 0.2) is 11.7 Å². The molecule has 0 aliphatic rings. The van der Waals surface area contributed by atoms with Crippen LogP contribution in [0.2, 0.25) is 0 Å². The van der Waals surface area contributed by atoms with Crippen LogP contribution >= 0.6 is 15.9 Å². The lowest BCUT2D eigenvalue weighted by Gasteiger charge is -2.16. The summed E-state index contributed by atoms with van der Waals surface area (Å²) in [5.74, 6) is 1.36. The molecule has 0 atom stereocenters. The topological polar surface area (TPSA) is 46.3 Å². The number of nitrogens with zero attached hydrogens (tertiary/aromatic N) is 2. The summed E-state index contributed by atoms with van der Waals surface area (Å²) in [5.41, 5.74) is 2.08. The molecular formula is C20H19BrN2O2. The third kappa shape index (κ3) is 4.79. The summed E-state index contributed by atoms with van der Waals surface area (Å²) < 4.78 is 6.76. The molecular weight excluding hydrogens is 380 g/mol. The first-order valence-electron chi connectivity index (χ1n) is 8.10. The first kappa shape index (κ1) is 17.4. The minimum Gasteiger partial charge on any atom is -0.441 e. The van der Waals surface area contributed by atoms with E-state index in [1.807, 2.05) is 61.6 Å². The fraction of sp³-hybridized carbons (Fsp3) is 0.200. The maximum atomic E-state index is 12.3. The third-order valence-corrected chi connectivity index (χ3v) is 4.40. The van der Waals surface area contributed by atoms with E-state index in [4.69, 9.17) is 4.42 Å². The molecule has 5 heteroatoms. The fourth-order valence-electron chi connectivity index (χ4n) is 2.55. The molecule has 0 bridgehead atoms. The first-order valence-corrected chi connectivity index (χ1v) is 8.89. The summed E-state index contributed by atoms with van der Waals surface area (Å²) >= 11 is 3.45. The number of rotatable bonds is 6. The van der Waals surface area contributed by atoms with Gasteiger partial charge in [-0.15, -0.1) is 0 Å². The van der Waals surface area contributed by atoms with Crippen molar-refractivity contribution in [3.05, 3.63) is 76.7 Å². The number of amides is 1. The van der Waals surface area contributed by atoms with Crippen molar-refractivity contribution in [2.24, 2.45) is 0 Å². The normalized spacial score (nSPS) is 10.6. The molecule has 3 aromatic rings. The third-order valence-electron chi connectivity index (χ3n) is 3.90. The van der Waals surface area contributed by atoms with E-state index in [9.17, 15) is 4.79 Å². The van der Waals surface area contributed by atoms with E-state index in [0.29, 0.717) is 31.0 Å². The van der Waals surface area contributed by atoms with E-state index in [-0.39, 0.29) is 5.91 Å². The highest BCUT2D eigenvalue weighted by Gasteiger charge is 2.12. The molecule has 1 heterocycles. The van der Waals surface area contributed by atoms with Gasteiger partial charge in [-0.25, -0.2) is 4.98 Å². The van der Waals surface area contributed by atoms with Gasteiger partial charge in [-0.2, -0.15) is 0 Å². The van der Waals surface area contributed by atoms with E-state index in [1.165, 1.54) is 0 Å². The summed E-state index contributed by atoms with van der Waals surface area (Å²) in [6.07, 6.45) is 2.57. The zero-order chi connectivity index (χ0) is 17.6. The SMILES string of the molecule is CN(Cc1ccccc1)C(=O)CCc1ncc(-c2cccc(Br)c2)o1. The first-order chi connectivity index (χ1) is 12.1. The predicted molar refractivity (Wildman–Crippen MR) is 101 cm³/mol. The van der Waals surface area contributed by atoms with Gasteiger partial charge in [-0.3, -0.25) is 4.79 Å². The van der Waals surface area contributed by atoms with Gasteiger partial charge in [0.05, 0.1) is 6.20 Å². The second-order valence-electron chi connectivity index (χ2n) is 5.86. The molecule has 0 aliphatic carbocycles. The number of aromatic nitrogens is 1. The monoisotopic (exact) mass is 398 g/mol. The number of oxazole rings is 1. The van der Waals surface area contributed by atoms with Crippen molar-refractivity contribution < 1.29 is 9.21 Å². The fourth-order valence-corrected chi connectivity index (χ4v) is 2.95. The van der Waals surface area contributed by atoms with Crippen LogP contribution < -0.4 is 0 Å². The largest absolute Gasteiger partial charge is 0.441 e. The van der Waals surface area contributed by atoms with Crippen LogP contribution in [0.3, 0.4) is 0 Å². The van der Waals surface area contributed by atoms with Crippen LogP contribution in [0.1, 0.15) is 17.9 Å². The summed E-state index contributed by atoms with van der Waals surface area (Å²) in [6, 6.07) is 17.8. The molecule has 1 amide bonds. The van der Waals surface area contributed by atoms with E-state index >= 15 is 0 Å². The second kappa shape index (κ2) is 8.12. The summed E-state index contributed by atoms with van der Waals surface area (Å²) in [4.78, 5) is 18.3. The predicted octanol–water partition coefficient (Wildman–Crippen LogP) is 4.70. The Hall–Kier alpha value is -2.40. The highest BCUT2D eigenvalue weighted by molar-refractivity contribution is 9.10. The van der Waals surface area contributed by atoms with Gasteiger partial charge in [0.2, 0.25) is 5.91 Å². The van der Waals surface area contributed by atoms with E-state index in [2.05, 4.69) is 20.9 Å². The van der Waals surface area contributed by atoms with Crippen LogP contribution in [-0.2, 0) is 17.8 Å². The highest BCUT2D eigenvalue weighted by Crippen LogP contribution is 2.24. The molecule has 0 N–H and O–H groups in total. The number of aryl methyl sites for hydroxylation is 1. The molecule has 128 valence electrons. The molecule has 0 unspecified atom stereocenters. The van der Waals surface area contributed by atoms with Crippen molar-refractivity contribution >= 4 is 21.8 Å². The smallest absolute Gasteiger partial charge is 0.223 e. The van der Waals surface area contributed by atoms with Crippen molar-refractivity contribution in [3.63, 3.8) is 0 Å². The summed E-state index contributed by atoms with van der Waals surface area (Å²) in [5, 5.41) is 0. The van der Waals surface area contributed by atoms with E-state index in [1.54, 1.807) is 11.1 Å². The molecule has 0 saturated heterocycles. The van der Waals surface area contributed by atoms with Crippen molar-refractivity contribution in [1.82, 2.24) is 9.88 Å². The minimum atomic E-state index is 0.0751. The average Bonchev–Trinajstić information content (AvgIpc) is 3.09. The number of benzene rings is 2. The zero-order valence-electron chi connectivity index (χ0n) is 14.0. The Bertz CT molecular complexity index is 846. The van der Waals surface area contributed by atoms with Gasteiger partial charge >= 0.3 is 0 Å². The van der Waals surface area contributed by atoms with Crippen LogP contribution in [0.25, 0.3) is 11.3 Å². The van der Waals surface area contributed by atoms with E-state index in [0.717, 1.165) is 15.6 Å². The van der Waals surface area contributed by atoms with Crippen molar-refractivity contribution in [2.75, 3.05) is 7.05 Å². The molecule has 3 rings (SSSR count). The van der Waals surface area contributed by atoms with Gasteiger partial charge in [0, 0.05) is 36.5 Å². The summed E-state index contributed by atoms with van der Waals surface area (Å²) in [6.45, 7) is 0.606. The Kier molecular flexibility index (Phi) is 5.66. The van der Waals surface area contributed by atoms with Gasteiger partial charge in [0.25, 0.3) is 0 Å². The van der Waals surface area contributed by atoms with Crippen molar-refractivity contribution in [2.45, 2.75) is 19.4 Å². The highest BCUT2D eigenvalue weighted by atomic mass is 79.9. The maximum absolute atomic E-state index is 12.3. The van der Waals surface area contributed by atoms with Crippen LogP contribution in [0.15, 0.2) is 69.7 Å². The number of carbonyl (C=O) groups excluding carboxylic acids is 1. The molecule has 0 aliphatic heterocycles. The van der Waals surface area contributed by atoms with Gasteiger partial charge in [0.1, 0.15) is 0 Å². The van der Waals surface area contributed by atoms with Gasteiger partial charge in [-0.1, -0.05) is 58.4 Å². The van der Waals surface area contributed by atoms with Gasteiger partial charge in [-0.05, 0) is 17.7 Å². The lowest BCUT2D eigenvalue weighted by Crippen LogP contribution is -2.26. The van der Waals surface area contributed by atoms with Crippen LogP contribution in [-0.4, -0.2) is 22.8 Å². The Balaban J connectivity index is 1.56. The molecule has 25 heavy (non-hydrogen) atoms. The van der Waals surface area contributed by atoms with Gasteiger partial charge < -0.3 is 9.32 Å². The molecule has 0 fully saturated rings. The molecule has 4 nitrogen and oxygen atoms in total. The molecule has 0 radical (unpaired) electrons. The Morgan fingerprint density at radius 3 is 2.72 bits per heavy atom. The minimum absolute atomic E-state index is 0.0751. The van der Waals surface area contributed by atoms with Crippen LogP contribution in [0.5, 0.6) is 0 Å². The Morgan fingerprint density at radius 2 is 1.96 bits per heavy atom. The number of hydrogen-bond donors (Lipinski definition) is 0.